The van der Waals surface area contributed by atoms with Crippen LogP contribution in [-0.2, 0) is 0 Å². The zero-order chi connectivity index (χ0) is 15.5. The van der Waals surface area contributed by atoms with E-state index < -0.39 is 18.0 Å². The smallest absolute Gasteiger partial charge is 0.408 e. The monoisotopic (exact) mass is 340 g/mol. The zero-order valence-corrected chi connectivity index (χ0v) is 13.0. The number of hydrogen-bond acceptors (Lipinski definition) is 4. The van der Waals surface area contributed by atoms with Gasteiger partial charge < -0.3 is 15.2 Å². The van der Waals surface area contributed by atoms with Crippen molar-refractivity contribution in [2.75, 3.05) is 32.8 Å². The number of hydrogen-bond donors (Lipinski definition) is 2. The van der Waals surface area contributed by atoms with Crippen LogP contribution in [0.3, 0.4) is 0 Å². The molecule has 0 bridgehead atoms. The topological polar surface area (TPSA) is 44.7 Å². The van der Waals surface area contributed by atoms with Crippen molar-refractivity contribution in [2.45, 2.75) is 19.1 Å². The Hall–Kier alpha value is -1.18. The Kier molecular flexibility index (Phi) is 6.77. The van der Waals surface area contributed by atoms with Crippen molar-refractivity contribution in [1.29, 1.82) is 0 Å². The number of nitrogens with one attached hydrogen (secondary N) is 1. The van der Waals surface area contributed by atoms with Crippen molar-refractivity contribution < 1.29 is 23.0 Å². The van der Waals surface area contributed by atoms with Gasteiger partial charge in [-0.1, -0.05) is 12.1 Å². The average molecular weight is 341 g/mol. The van der Waals surface area contributed by atoms with Crippen LogP contribution >= 0.6 is 12.4 Å². The van der Waals surface area contributed by atoms with Crippen molar-refractivity contribution >= 4 is 12.4 Å². The third-order valence-electron chi connectivity index (χ3n) is 3.45. The van der Waals surface area contributed by atoms with Crippen LogP contribution in [0, 0.1) is 0 Å². The van der Waals surface area contributed by atoms with E-state index >= 15 is 0 Å². The summed E-state index contributed by atoms with van der Waals surface area (Å²) in [5.74, 6) is -0.348. The largest absolute Gasteiger partial charge is 0.504 e. The maximum absolute atomic E-state index is 13.5. The summed E-state index contributed by atoms with van der Waals surface area (Å²) in [6.45, 7) is 3.55. The Morgan fingerprint density at radius 3 is 2.50 bits per heavy atom. The van der Waals surface area contributed by atoms with Crippen molar-refractivity contribution in [3.05, 3.63) is 23.8 Å². The number of ether oxygens (including phenoxy) is 1. The molecule has 0 amide bonds. The van der Waals surface area contributed by atoms with E-state index in [9.17, 15) is 18.3 Å². The van der Waals surface area contributed by atoms with Gasteiger partial charge in [-0.05, 0) is 13.0 Å². The Labute approximate surface area is 133 Å². The fourth-order valence-corrected chi connectivity index (χ4v) is 2.55. The molecule has 0 radical (unpaired) electrons. The third-order valence-corrected chi connectivity index (χ3v) is 3.45. The lowest BCUT2D eigenvalue weighted by Gasteiger charge is -2.36. The molecule has 22 heavy (non-hydrogen) atoms. The maximum Gasteiger partial charge on any atom is 0.408 e. The minimum Gasteiger partial charge on any atom is -0.504 e. The fraction of sp³-hybridized carbons (Fsp3) is 0.571. The van der Waals surface area contributed by atoms with Gasteiger partial charge in [0.05, 0.1) is 6.61 Å². The lowest BCUT2D eigenvalue weighted by atomic mass is 10.0. The predicted octanol–water partition coefficient (Wildman–Crippen LogP) is 2.72. The van der Waals surface area contributed by atoms with Gasteiger partial charge in [-0.25, -0.2) is 0 Å². The van der Waals surface area contributed by atoms with Crippen LogP contribution in [0.15, 0.2) is 18.2 Å². The van der Waals surface area contributed by atoms with E-state index in [-0.39, 0.29) is 43.4 Å². The van der Waals surface area contributed by atoms with Gasteiger partial charge in [-0.3, -0.25) is 4.90 Å². The number of phenols is 1. The van der Waals surface area contributed by atoms with Crippen LogP contribution < -0.4 is 10.1 Å². The number of phenolic OH excluding ortho intramolecular Hbond substituents is 1. The number of piperazine rings is 1. The Morgan fingerprint density at radius 1 is 1.32 bits per heavy atom. The lowest BCUT2D eigenvalue weighted by molar-refractivity contribution is -0.188. The molecular weight excluding hydrogens is 321 g/mol. The number of rotatable bonds is 4. The molecule has 4 nitrogen and oxygen atoms in total. The molecule has 1 aromatic rings. The number of halogens is 4. The summed E-state index contributed by atoms with van der Waals surface area (Å²) in [4.78, 5) is 1.33. The van der Waals surface area contributed by atoms with E-state index in [1.54, 1.807) is 6.92 Å². The Bertz CT molecular complexity index is 480. The summed E-state index contributed by atoms with van der Waals surface area (Å²) >= 11 is 0. The molecule has 1 atom stereocenters. The second-order valence-corrected chi connectivity index (χ2v) is 4.86. The molecule has 126 valence electrons. The number of nitrogens with zero attached hydrogens (tertiary/aromatic N) is 1. The molecule has 1 heterocycles. The summed E-state index contributed by atoms with van der Waals surface area (Å²) in [7, 11) is 0. The molecule has 2 rings (SSSR count). The van der Waals surface area contributed by atoms with Gasteiger partial charge in [0.15, 0.2) is 11.5 Å². The first-order valence-electron chi connectivity index (χ1n) is 6.91. The highest BCUT2D eigenvalue weighted by Crippen LogP contribution is 2.44. The van der Waals surface area contributed by atoms with Crippen LogP contribution in [0.2, 0.25) is 0 Å². The lowest BCUT2D eigenvalue weighted by Crippen LogP contribution is -2.49. The van der Waals surface area contributed by atoms with E-state index in [0.29, 0.717) is 13.1 Å². The van der Waals surface area contributed by atoms with E-state index in [1.807, 2.05) is 0 Å². The second kappa shape index (κ2) is 7.89. The molecule has 8 heteroatoms. The SMILES string of the molecule is CCOc1cccc([C@H](N2CCNCC2)C(F)(F)F)c1O.Cl. The standard InChI is InChI=1S/C14H19F3N2O2.ClH/c1-2-21-11-5-3-4-10(12(11)20)13(14(15,16)17)19-8-6-18-7-9-19;/h3-5,13,18,20H,2,6-9H2,1H3;1H/t13-;/m0./s1. The fourth-order valence-electron chi connectivity index (χ4n) is 2.55. The van der Waals surface area contributed by atoms with Gasteiger partial charge in [0, 0.05) is 31.7 Å². The van der Waals surface area contributed by atoms with Crippen LogP contribution in [0.1, 0.15) is 18.5 Å². The minimum absolute atomic E-state index is 0. The minimum atomic E-state index is -4.46. The number of benzene rings is 1. The van der Waals surface area contributed by atoms with Gasteiger partial charge in [0.2, 0.25) is 0 Å². The van der Waals surface area contributed by atoms with Crippen molar-refractivity contribution in [1.82, 2.24) is 10.2 Å². The highest BCUT2D eigenvalue weighted by atomic mass is 35.5. The van der Waals surface area contributed by atoms with E-state index in [4.69, 9.17) is 4.74 Å². The molecule has 1 aliphatic rings. The van der Waals surface area contributed by atoms with E-state index in [1.165, 1.54) is 23.1 Å². The summed E-state index contributed by atoms with van der Waals surface area (Å²) in [5.41, 5.74) is -0.157. The summed E-state index contributed by atoms with van der Waals surface area (Å²) in [6, 6.07) is 2.42. The van der Waals surface area contributed by atoms with Crippen molar-refractivity contribution in [2.24, 2.45) is 0 Å². The maximum atomic E-state index is 13.5. The highest BCUT2D eigenvalue weighted by molar-refractivity contribution is 5.85. The summed E-state index contributed by atoms with van der Waals surface area (Å²) in [5, 5.41) is 13.1. The van der Waals surface area contributed by atoms with Crippen LogP contribution in [0.4, 0.5) is 13.2 Å². The quantitative estimate of drug-likeness (QED) is 0.884. The van der Waals surface area contributed by atoms with Crippen LogP contribution in [0.25, 0.3) is 0 Å². The van der Waals surface area contributed by atoms with Crippen molar-refractivity contribution in [3.63, 3.8) is 0 Å². The third kappa shape index (κ3) is 4.18. The number of para-hydroxylation sites is 1. The van der Waals surface area contributed by atoms with Gasteiger partial charge in [-0.2, -0.15) is 13.2 Å². The molecule has 0 aromatic heterocycles. The Balaban J connectivity index is 0.00000242. The first-order valence-corrected chi connectivity index (χ1v) is 6.91. The molecule has 1 aliphatic heterocycles. The van der Waals surface area contributed by atoms with Crippen LogP contribution in [-0.4, -0.2) is 49.0 Å². The van der Waals surface area contributed by atoms with Gasteiger partial charge >= 0.3 is 6.18 Å². The average Bonchev–Trinajstić information content (AvgIpc) is 2.43. The predicted molar refractivity (Wildman–Crippen MR) is 79.8 cm³/mol. The normalized spacial score (nSPS) is 17.6. The molecule has 2 N–H and O–H groups in total. The zero-order valence-electron chi connectivity index (χ0n) is 12.2. The second-order valence-electron chi connectivity index (χ2n) is 4.86. The molecule has 0 unspecified atom stereocenters. The molecule has 0 aliphatic carbocycles. The molecular formula is C14H20ClF3N2O2. The van der Waals surface area contributed by atoms with E-state index in [0.717, 1.165) is 0 Å². The summed E-state index contributed by atoms with van der Waals surface area (Å²) < 4.78 is 45.6. The number of aromatic hydroxyl groups is 1. The van der Waals surface area contributed by atoms with Gasteiger partial charge in [0.1, 0.15) is 6.04 Å². The van der Waals surface area contributed by atoms with Gasteiger partial charge in [-0.15, -0.1) is 12.4 Å². The highest BCUT2D eigenvalue weighted by Gasteiger charge is 2.46. The first-order chi connectivity index (χ1) is 9.95. The molecule has 0 spiro atoms. The summed E-state index contributed by atoms with van der Waals surface area (Å²) in [6.07, 6.45) is -4.46. The van der Waals surface area contributed by atoms with Gasteiger partial charge in [0.25, 0.3) is 0 Å². The van der Waals surface area contributed by atoms with Crippen molar-refractivity contribution in [3.8, 4) is 11.5 Å². The molecule has 1 fully saturated rings. The first kappa shape index (κ1) is 18.9. The molecule has 1 aromatic carbocycles. The van der Waals surface area contributed by atoms with E-state index in [2.05, 4.69) is 5.32 Å². The van der Waals surface area contributed by atoms with Crippen LogP contribution in [0.5, 0.6) is 11.5 Å². The molecule has 1 saturated heterocycles. The molecule has 0 saturated carbocycles. The number of alkyl halides is 3. The Morgan fingerprint density at radius 2 is 1.95 bits per heavy atom.